The van der Waals surface area contributed by atoms with E-state index >= 15 is 0 Å². The predicted octanol–water partition coefficient (Wildman–Crippen LogP) is 2.39. The van der Waals surface area contributed by atoms with E-state index in [0.29, 0.717) is 5.52 Å². The molecule has 0 amide bonds. The molecule has 0 saturated heterocycles. The van der Waals surface area contributed by atoms with Crippen LogP contribution in [0.25, 0.3) is 11.0 Å². The van der Waals surface area contributed by atoms with Crippen LogP contribution in [0.2, 0.25) is 0 Å². The molecule has 2 aromatic rings. The van der Waals surface area contributed by atoms with Crippen molar-refractivity contribution >= 4 is 17.0 Å². The van der Waals surface area contributed by atoms with Crippen LogP contribution in [0.3, 0.4) is 0 Å². The molecule has 1 heterocycles. The minimum Gasteiger partial charge on any atom is -0.478 e. The molecule has 0 spiro atoms. The second-order valence-corrected chi connectivity index (χ2v) is 5.37. The van der Waals surface area contributed by atoms with Gasteiger partial charge in [0.05, 0.1) is 16.6 Å². The van der Waals surface area contributed by atoms with Crippen molar-refractivity contribution < 1.29 is 9.90 Å². The van der Waals surface area contributed by atoms with Crippen LogP contribution >= 0.6 is 0 Å². The monoisotopic (exact) mass is 260 g/mol. The topological polar surface area (TPSA) is 75.1 Å². The molecule has 100 valence electrons. The van der Waals surface area contributed by atoms with Gasteiger partial charge in [0.1, 0.15) is 0 Å². The first kappa shape index (κ1) is 12.0. The molecule has 1 unspecified atom stereocenters. The molecule has 0 radical (unpaired) electrons. The molecule has 19 heavy (non-hydrogen) atoms. The maximum absolute atomic E-state index is 12.0. The van der Waals surface area contributed by atoms with Gasteiger partial charge in [0.25, 0.3) is 0 Å². The third-order valence-corrected chi connectivity index (χ3v) is 3.78. The fourth-order valence-electron chi connectivity index (χ4n) is 2.64. The molecule has 1 saturated carbocycles. The zero-order chi connectivity index (χ0) is 13.6. The number of benzene rings is 1. The van der Waals surface area contributed by atoms with Crippen LogP contribution in [-0.2, 0) is 0 Å². The zero-order valence-corrected chi connectivity index (χ0v) is 10.7. The van der Waals surface area contributed by atoms with E-state index in [9.17, 15) is 9.59 Å². The van der Waals surface area contributed by atoms with Crippen LogP contribution in [0, 0.1) is 5.92 Å². The summed E-state index contributed by atoms with van der Waals surface area (Å²) in [6.45, 7) is 2.04. The maximum atomic E-state index is 12.0. The maximum Gasteiger partial charge on any atom is 0.335 e. The summed E-state index contributed by atoms with van der Waals surface area (Å²) in [6, 6.07) is 4.90. The van der Waals surface area contributed by atoms with Crippen molar-refractivity contribution in [1.82, 2.24) is 9.55 Å². The minimum atomic E-state index is -0.985. The lowest BCUT2D eigenvalue weighted by molar-refractivity contribution is 0.0697. The van der Waals surface area contributed by atoms with E-state index in [1.807, 2.05) is 6.92 Å². The van der Waals surface area contributed by atoms with Gasteiger partial charge < -0.3 is 10.1 Å². The van der Waals surface area contributed by atoms with Crippen molar-refractivity contribution in [3.63, 3.8) is 0 Å². The number of aromatic carboxylic acids is 1. The van der Waals surface area contributed by atoms with Gasteiger partial charge in [-0.1, -0.05) is 12.8 Å². The number of carboxylic acids is 1. The number of nitrogens with zero attached hydrogens (tertiary/aromatic N) is 1. The number of imidazole rings is 1. The first-order valence-electron chi connectivity index (χ1n) is 6.54. The van der Waals surface area contributed by atoms with Gasteiger partial charge in [-0.3, -0.25) is 4.57 Å². The Hall–Kier alpha value is -2.04. The number of aromatic amines is 1. The van der Waals surface area contributed by atoms with Crippen LogP contribution in [-0.4, -0.2) is 20.6 Å². The number of aromatic nitrogens is 2. The average molecular weight is 260 g/mol. The summed E-state index contributed by atoms with van der Waals surface area (Å²) in [4.78, 5) is 25.7. The van der Waals surface area contributed by atoms with Gasteiger partial charge in [-0.2, -0.15) is 0 Å². The number of rotatable bonds is 4. The largest absolute Gasteiger partial charge is 0.478 e. The highest BCUT2D eigenvalue weighted by Crippen LogP contribution is 2.36. The second-order valence-electron chi connectivity index (χ2n) is 5.37. The number of fused-ring (bicyclic) bond motifs is 1. The summed E-state index contributed by atoms with van der Waals surface area (Å²) in [5.74, 6) is -0.244. The Balaban J connectivity index is 2.06. The fraction of sp³-hybridized carbons (Fsp3) is 0.429. The Morgan fingerprint density at radius 2 is 2.26 bits per heavy atom. The highest BCUT2D eigenvalue weighted by molar-refractivity contribution is 5.92. The molecule has 0 bridgehead atoms. The molecule has 1 aromatic carbocycles. The molecule has 3 rings (SSSR count). The van der Waals surface area contributed by atoms with E-state index in [2.05, 4.69) is 4.98 Å². The Morgan fingerprint density at radius 1 is 1.53 bits per heavy atom. The molecule has 0 aliphatic heterocycles. The molecular formula is C14H16N2O3. The van der Waals surface area contributed by atoms with Crippen LogP contribution in [0.5, 0.6) is 0 Å². The zero-order valence-electron chi connectivity index (χ0n) is 10.7. The first-order valence-corrected chi connectivity index (χ1v) is 6.54. The Labute approximate surface area is 109 Å². The van der Waals surface area contributed by atoms with Crippen molar-refractivity contribution in [2.75, 3.05) is 0 Å². The summed E-state index contributed by atoms with van der Waals surface area (Å²) in [6.07, 6.45) is 3.52. The predicted molar refractivity (Wildman–Crippen MR) is 71.6 cm³/mol. The van der Waals surface area contributed by atoms with Crippen LogP contribution in [0.1, 0.15) is 42.6 Å². The summed E-state index contributed by atoms with van der Waals surface area (Å²) in [5, 5.41) is 8.96. The van der Waals surface area contributed by atoms with E-state index in [0.717, 1.165) is 17.9 Å². The van der Waals surface area contributed by atoms with Gasteiger partial charge in [-0.15, -0.1) is 0 Å². The molecule has 5 heteroatoms. The Morgan fingerprint density at radius 3 is 2.89 bits per heavy atom. The summed E-state index contributed by atoms with van der Waals surface area (Å²) in [5.41, 5.74) is 1.40. The lowest BCUT2D eigenvalue weighted by Crippen LogP contribution is -2.20. The van der Waals surface area contributed by atoms with E-state index in [4.69, 9.17) is 5.11 Å². The van der Waals surface area contributed by atoms with Crippen molar-refractivity contribution in [3.05, 3.63) is 34.2 Å². The second kappa shape index (κ2) is 4.26. The molecular weight excluding hydrogens is 244 g/mol. The molecule has 1 aliphatic rings. The van der Waals surface area contributed by atoms with Crippen molar-refractivity contribution in [2.45, 2.75) is 32.2 Å². The minimum absolute atomic E-state index is 0.143. The third-order valence-electron chi connectivity index (χ3n) is 3.78. The molecule has 2 N–H and O–H groups in total. The lowest BCUT2D eigenvalue weighted by Gasteiger charge is -2.12. The fourth-order valence-corrected chi connectivity index (χ4v) is 2.64. The number of H-pyrrole nitrogens is 1. The van der Waals surface area contributed by atoms with Crippen LogP contribution < -0.4 is 5.69 Å². The van der Waals surface area contributed by atoms with Gasteiger partial charge in [0.15, 0.2) is 0 Å². The quantitative estimate of drug-likeness (QED) is 0.886. The summed E-state index contributed by atoms with van der Waals surface area (Å²) < 4.78 is 1.74. The highest BCUT2D eigenvalue weighted by Gasteiger charge is 2.25. The highest BCUT2D eigenvalue weighted by atomic mass is 16.4. The Bertz CT molecular complexity index is 694. The summed E-state index contributed by atoms with van der Waals surface area (Å²) >= 11 is 0. The number of carbonyl (C=O) groups is 1. The molecule has 5 nitrogen and oxygen atoms in total. The smallest absolute Gasteiger partial charge is 0.335 e. The molecule has 1 atom stereocenters. The molecule has 1 aromatic heterocycles. The van der Waals surface area contributed by atoms with Gasteiger partial charge in [0, 0.05) is 6.04 Å². The SMILES string of the molecule is CC(CC1CC1)n1c(=O)[nH]c2cc(C(=O)O)ccc21. The summed E-state index contributed by atoms with van der Waals surface area (Å²) in [7, 11) is 0. The van der Waals surface area contributed by atoms with E-state index in [-0.39, 0.29) is 17.3 Å². The van der Waals surface area contributed by atoms with Crippen molar-refractivity contribution in [2.24, 2.45) is 5.92 Å². The van der Waals surface area contributed by atoms with E-state index in [1.54, 1.807) is 10.6 Å². The average Bonchev–Trinajstić information content (AvgIpc) is 3.08. The van der Waals surface area contributed by atoms with Crippen molar-refractivity contribution in [3.8, 4) is 0 Å². The van der Waals surface area contributed by atoms with E-state index in [1.165, 1.54) is 25.0 Å². The van der Waals surface area contributed by atoms with Crippen LogP contribution in [0.4, 0.5) is 0 Å². The third kappa shape index (κ3) is 2.16. The van der Waals surface area contributed by atoms with E-state index < -0.39 is 5.97 Å². The number of carboxylic acid groups (broad SMARTS) is 1. The van der Waals surface area contributed by atoms with Gasteiger partial charge >= 0.3 is 11.7 Å². The number of hydrogen-bond donors (Lipinski definition) is 2. The number of hydrogen-bond acceptors (Lipinski definition) is 2. The van der Waals surface area contributed by atoms with Gasteiger partial charge in [-0.05, 0) is 37.5 Å². The lowest BCUT2D eigenvalue weighted by atomic mass is 10.1. The van der Waals surface area contributed by atoms with Crippen molar-refractivity contribution in [1.29, 1.82) is 0 Å². The van der Waals surface area contributed by atoms with Gasteiger partial charge in [-0.25, -0.2) is 9.59 Å². The van der Waals surface area contributed by atoms with Gasteiger partial charge in [0.2, 0.25) is 0 Å². The molecule has 1 fully saturated rings. The first-order chi connectivity index (χ1) is 9.06. The number of nitrogens with one attached hydrogen (secondary N) is 1. The molecule has 1 aliphatic carbocycles. The van der Waals surface area contributed by atoms with Crippen LogP contribution in [0.15, 0.2) is 23.0 Å². The Kier molecular flexibility index (Phi) is 2.69. The normalized spacial score (nSPS) is 16.7. The standard InChI is InChI=1S/C14H16N2O3/c1-8(6-9-2-3-9)16-12-5-4-10(13(17)18)7-11(12)15-14(16)19/h4-5,7-9H,2-3,6H2,1H3,(H,15,19)(H,17,18).